The van der Waals surface area contributed by atoms with Crippen molar-refractivity contribution in [2.75, 3.05) is 0 Å². The van der Waals surface area contributed by atoms with E-state index in [2.05, 4.69) is 18.4 Å². The van der Waals surface area contributed by atoms with E-state index in [9.17, 15) is 0 Å². The van der Waals surface area contributed by atoms with E-state index in [0.717, 1.165) is 12.8 Å². The van der Waals surface area contributed by atoms with Crippen molar-refractivity contribution in [2.45, 2.75) is 32.1 Å². The molecular weight excluding hydrogens is 176 g/mol. The minimum atomic E-state index is 0.301. The van der Waals surface area contributed by atoms with Gasteiger partial charge in [-0.3, -0.25) is 0 Å². The Kier molecular flexibility index (Phi) is 3.41. The lowest BCUT2D eigenvalue weighted by atomic mass is 10.1. The molecule has 0 fully saturated rings. The minimum absolute atomic E-state index is 0.301. The van der Waals surface area contributed by atoms with Crippen molar-refractivity contribution in [3.63, 3.8) is 0 Å². The monoisotopic (exact) mass is 188 g/mol. The summed E-state index contributed by atoms with van der Waals surface area (Å²) in [6.07, 6.45) is 2.20. The Morgan fingerprint density at radius 1 is 1.64 bits per heavy atom. The second-order valence-corrected chi connectivity index (χ2v) is 4.75. The highest BCUT2D eigenvalue weighted by atomic mass is 35.5. The van der Waals surface area contributed by atoms with Crippen LogP contribution in [0.25, 0.3) is 0 Å². The van der Waals surface area contributed by atoms with Crippen molar-refractivity contribution in [1.82, 2.24) is 0 Å². The number of thiophene rings is 1. The zero-order valence-electron chi connectivity index (χ0n) is 6.93. The predicted octanol–water partition coefficient (Wildman–Crippen LogP) is 3.62. The Bertz CT molecular complexity index is 215. The molecule has 0 N–H and O–H groups in total. The highest BCUT2D eigenvalue weighted by molar-refractivity contribution is 7.10. The molecule has 0 amide bonds. The van der Waals surface area contributed by atoms with Crippen LogP contribution in [-0.2, 0) is 6.42 Å². The minimum Gasteiger partial charge on any atom is -0.149 e. The lowest BCUT2D eigenvalue weighted by Gasteiger charge is -1.98. The standard InChI is InChI=1S/C9H13ClS/c1-7(10)3-4-9-5-8(2)11-6-9/h5-7H,3-4H2,1-2H3. The summed E-state index contributed by atoms with van der Waals surface area (Å²) in [4.78, 5) is 1.39. The predicted molar refractivity (Wildman–Crippen MR) is 52.7 cm³/mol. The largest absolute Gasteiger partial charge is 0.149 e. The van der Waals surface area contributed by atoms with Gasteiger partial charge in [0, 0.05) is 10.3 Å². The molecule has 1 rings (SSSR count). The van der Waals surface area contributed by atoms with Gasteiger partial charge in [0.1, 0.15) is 0 Å². The second kappa shape index (κ2) is 4.13. The van der Waals surface area contributed by atoms with E-state index >= 15 is 0 Å². The summed E-state index contributed by atoms with van der Waals surface area (Å²) in [6, 6.07) is 2.24. The quantitative estimate of drug-likeness (QED) is 0.636. The third-order valence-corrected chi connectivity index (χ3v) is 2.74. The van der Waals surface area contributed by atoms with Crippen LogP contribution in [0.1, 0.15) is 23.8 Å². The molecule has 1 heterocycles. The molecule has 0 radical (unpaired) electrons. The highest BCUT2D eigenvalue weighted by Crippen LogP contribution is 2.16. The summed E-state index contributed by atoms with van der Waals surface area (Å²) in [5, 5.41) is 2.52. The van der Waals surface area contributed by atoms with Gasteiger partial charge in [-0.1, -0.05) is 0 Å². The van der Waals surface area contributed by atoms with E-state index in [1.165, 1.54) is 10.4 Å². The number of aryl methyl sites for hydroxylation is 2. The summed E-state index contributed by atoms with van der Waals surface area (Å²) < 4.78 is 0. The van der Waals surface area contributed by atoms with E-state index in [1.54, 1.807) is 0 Å². The fourth-order valence-corrected chi connectivity index (χ4v) is 1.85. The molecule has 2 heteroatoms. The molecule has 0 aliphatic carbocycles. The average Bonchev–Trinajstić information content (AvgIpc) is 2.31. The molecular formula is C9H13ClS. The van der Waals surface area contributed by atoms with Crippen molar-refractivity contribution in [3.8, 4) is 0 Å². The van der Waals surface area contributed by atoms with Gasteiger partial charge in [0.15, 0.2) is 0 Å². The first-order valence-corrected chi connectivity index (χ1v) is 5.18. The topological polar surface area (TPSA) is 0 Å². The van der Waals surface area contributed by atoms with Gasteiger partial charge in [-0.25, -0.2) is 0 Å². The molecule has 0 aliphatic rings. The van der Waals surface area contributed by atoms with Gasteiger partial charge in [-0.2, -0.15) is 0 Å². The Hall–Kier alpha value is -0.0100. The van der Waals surface area contributed by atoms with E-state index in [-0.39, 0.29) is 0 Å². The van der Waals surface area contributed by atoms with E-state index in [1.807, 2.05) is 18.3 Å². The maximum atomic E-state index is 5.84. The summed E-state index contributed by atoms with van der Waals surface area (Å²) in [5.41, 5.74) is 1.43. The molecule has 0 spiro atoms. The van der Waals surface area contributed by atoms with Gasteiger partial charge >= 0.3 is 0 Å². The van der Waals surface area contributed by atoms with Crippen molar-refractivity contribution >= 4 is 22.9 Å². The van der Waals surface area contributed by atoms with Crippen LogP contribution in [0.3, 0.4) is 0 Å². The normalized spacial score (nSPS) is 13.4. The zero-order chi connectivity index (χ0) is 8.27. The van der Waals surface area contributed by atoms with Crippen LogP contribution >= 0.6 is 22.9 Å². The number of halogens is 1. The number of hydrogen-bond donors (Lipinski definition) is 0. The molecule has 1 aromatic rings. The molecule has 0 saturated carbocycles. The van der Waals surface area contributed by atoms with Crippen LogP contribution in [0.2, 0.25) is 0 Å². The smallest absolute Gasteiger partial charge is 0.0311 e. The first-order chi connectivity index (χ1) is 5.18. The van der Waals surface area contributed by atoms with Crippen LogP contribution in [0.15, 0.2) is 11.4 Å². The molecule has 0 aromatic carbocycles. The van der Waals surface area contributed by atoms with E-state index in [4.69, 9.17) is 11.6 Å². The van der Waals surface area contributed by atoms with Crippen LogP contribution in [0.4, 0.5) is 0 Å². The van der Waals surface area contributed by atoms with E-state index < -0.39 is 0 Å². The fraction of sp³-hybridized carbons (Fsp3) is 0.556. The fourth-order valence-electron chi connectivity index (χ4n) is 0.994. The summed E-state index contributed by atoms with van der Waals surface area (Å²) in [6.45, 7) is 4.18. The number of alkyl halides is 1. The molecule has 62 valence electrons. The lowest BCUT2D eigenvalue weighted by molar-refractivity contribution is 0.805. The first-order valence-electron chi connectivity index (χ1n) is 3.86. The summed E-state index contributed by atoms with van der Waals surface area (Å²) in [5.74, 6) is 0. The zero-order valence-corrected chi connectivity index (χ0v) is 8.50. The molecule has 0 saturated heterocycles. The average molecular weight is 189 g/mol. The van der Waals surface area contributed by atoms with Crippen molar-refractivity contribution in [3.05, 3.63) is 21.9 Å². The summed E-state index contributed by atoms with van der Waals surface area (Å²) in [7, 11) is 0. The maximum absolute atomic E-state index is 5.84. The molecule has 0 nitrogen and oxygen atoms in total. The van der Waals surface area contributed by atoms with E-state index in [0.29, 0.717) is 5.38 Å². The number of hydrogen-bond acceptors (Lipinski definition) is 1. The van der Waals surface area contributed by atoms with Gasteiger partial charge in [-0.15, -0.1) is 22.9 Å². The van der Waals surface area contributed by atoms with Gasteiger partial charge in [0.25, 0.3) is 0 Å². The van der Waals surface area contributed by atoms with Gasteiger partial charge in [0.2, 0.25) is 0 Å². The Labute approximate surface area is 77.2 Å². The Morgan fingerprint density at radius 2 is 2.36 bits per heavy atom. The van der Waals surface area contributed by atoms with Crippen LogP contribution in [0.5, 0.6) is 0 Å². The van der Waals surface area contributed by atoms with Gasteiger partial charge < -0.3 is 0 Å². The SMILES string of the molecule is Cc1cc(CCC(C)Cl)cs1. The summed E-state index contributed by atoms with van der Waals surface area (Å²) >= 11 is 7.65. The lowest BCUT2D eigenvalue weighted by Crippen LogP contribution is -1.92. The van der Waals surface area contributed by atoms with Gasteiger partial charge in [-0.05, 0) is 43.7 Å². The van der Waals surface area contributed by atoms with Crippen molar-refractivity contribution in [1.29, 1.82) is 0 Å². The molecule has 1 unspecified atom stereocenters. The molecule has 11 heavy (non-hydrogen) atoms. The van der Waals surface area contributed by atoms with Crippen molar-refractivity contribution < 1.29 is 0 Å². The Balaban J connectivity index is 2.39. The third kappa shape index (κ3) is 3.26. The van der Waals surface area contributed by atoms with Gasteiger partial charge in [0.05, 0.1) is 0 Å². The van der Waals surface area contributed by atoms with Crippen LogP contribution in [0, 0.1) is 6.92 Å². The maximum Gasteiger partial charge on any atom is 0.0311 e. The van der Waals surface area contributed by atoms with Crippen molar-refractivity contribution in [2.24, 2.45) is 0 Å². The number of rotatable bonds is 3. The molecule has 0 aliphatic heterocycles. The van der Waals surface area contributed by atoms with Crippen LogP contribution in [-0.4, -0.2) is 5.38 Å². The molecule has 1 aromatic heterocycles. The third-order valence-electron chi connectivity index (χ3n) is 1.62. The molecule has 0 bridgehead atoms. The first kappa shape index (κ1) is 9.08. The van der Waals surface area contributed by atoms with Crippen LogP contribution < -0.4 is 0 Å². The second-order valence-electron chi connectivity index (χ2n) is 2.89. The Morgan fingerprint density at radius 3 is 2.82 bits per heavy atom. The highest BCUT2D eigenvalue weighted by Gasteiger charge is 1.99. The molecule has 1 atom stereocenters.